The number of furan rings is 2. The van der Waals surface area contributed by atoms with Gasteiger partial charge in [0.1, 0.15) is 33.8 Å². The van der Waals surface area contributed by atoms with Crippen LogP contribution in [0.1, 0.15) is 0 Å². The summed E-state index contributed by atoms with van der Waals surface area (Å²) in [6.45, 7) is 0. The summed E-state index contributed by atoms with van der Waals surface area (Å²) in [5.74, 6) is 1.68. The lowest BCUT2D eigenvalue weighted by Crippen LogP contribution is -1.82. The van der Waals surface area contributed by atoms with E-state index in [1.54, 1.807) is 14.2 Å². The molecular formula is C28H18O4. The first-order valence-corrected chi connectivity index (χ1v) is 10.5. The number of fused-ring (bicyclic) bond motifs is 8. The van der Waals surface area contributed by atoms with Crippen LogP contribution in [0.15, 0.2) is 81.6 Å². The zero-order valence-electron chi connectivity index (χ0n) is 17.6. The molecule has 5 aromatic carbocycles. The summed E-state index contributed by atoms with van der Waals surface area (Å²) in [5, 5.41) is 8.69. The molecule has 0 aliphatic carbocycles. The predicted octanol–water partition coefficient (Wildman–Crippen LogP) is 7.81. The van der Waals surface area contributed by atoms with E-state index in [9.17, 15) is 0 Å². The van der Waals surface area contributed by atoms with Gasteiger partial charge in [-0.15, -0.1) is 0 Å². The molecule has 0 saturated heterocycles. The highest BCUT2D eigenvalue weighted by atomic mass is 16.5. The molecule has 0 fully saturated rings. The molecule has 0 saturated carbocycles. The van der Waals surface area contributed by atoms with Crippen LogP contribution in [-0.4, -0.2) is 14.2 Å². The maximum Gasteiger partial charge on any atom is 0.136 e. The number of ether oxygens (including phenoxy) is 2. The Morgan fingerprint density at radius 3 is 1.28 bits per heavy atom. The fourth-order valence-electron chi connectivity index (χ4n) is 4.74. The molecule has 0 spiro atoms. The Morgan fingerprint density at radius 1 is 0.438 bits per heavy atom. The number of methoxy groups -OCH3 is 2. The standard InChI is InChI=1S/C28H18O4/c1-29-19-5-3-15-11-25-21(9-17(15)7-19)23-13-28-24(14-27(23)31-25)22-10-18-8-20(30-2)6-4-16(18)12-26(22)32-28/h3-14H,1-2H3. The normalized spacial score (nSPS) is 12.1. The van der Waals surface area contributed by atoms with Crippen LogP contribution in [0.2, 0.25) is 0 Å². The molecule has 32 heavy (non-hydrogen) atoms. The molecule has 2 heterocycles. The van der Waals surface area contributed by atoms with Crippen LogP contribution in [-0.2, 0) is 0 Å². The fraction of sp³-hybridized carbons (Fsp3) is 0.0714. The zero-order chi connectivity index (χ0) is 21.4. The lowest BCUT2D eigenvalue weighted by molar-refractivity contribution is 0.415. The minimum atomic E-state index is 0.841. The van der Waals surface area contributed by atoms with E-state index in [1.165, 1.54) is 0 Å². The van der Waals surface area contributed by atoms with Gasteiger partial charge >= 0.3 is 0 Å². The van der Waals surface area contributed by atoms with Crippen LogP contribution in [0.3, 0.4) is 0 Å². The Labute approximate surface area is 182 Å². The van der Waals surface area contributed by atoms with Crippen LogP contribution in [0.25, 0.3) is 65.4 Å². The fourth-order valence-corrected chi connectivity index (χ4v) is 4.74. The van der Waals surface area contributed by atoms with Gasteiger partial charge in [-0.25, -0.2) is 0 Å². The third-order valence-corrected chi connectivity index (χ3v) is 6.39. The summed E-state index contributed by atoms with van der Waals surface area (Å²) in [6.07, 6.45) is 0. The molecule has 0 unspecified atom stereocenters. The lowest BCUT2D eigenvalue weighted by atomic mass is 10.0. The molecule has 154 valence electrons. The Kier molecular flexibility index (Phi) is 3.37. The van der Waals surface area contributed by atoms with Crippen molar-refractivity contribution in [2.45, 2.75) is 0 Å². The average molecular weight is 418 g/mol. The molecule has 0 aliphatic heterocycles. The zero-order valence-corrected chi connectivity index (χ0v) is 17.6. The smallest absolute Gasteiger partial charge is 0.136 e. The maximum absolute atomic E-state index is 6.27. The Bertz CT molecular complexity index is 1710. The van der Waals surface area contributed by atoms with Crippen LogP contribution in [0.4, 0.5) is 0 Å². The molecule has 7 rings (SSSR count). The van der Waals surface area contributed by atoms with E-state index >= 15 is 0 Å². The van der Waals surface area contributed by atoms with Crippen molar-refractivity contribution in [2.24, 2.45) is 0 Å². The summed E-state index contributed by atoms with van der Waals surface area (Å²) < 4.78 is 23.3. The Morgan fingerprint density at radius 2 is 0.844 bits per heavy atom. The minimum Gasteiger partial charge on any atom is -0.497 e. The van der Waals surface area contributed by atoms with Gasteiger partial charge < -0.3 is 18.3 Å². The lowest BCUT2D eigenvalue weighted by Gasteiger charge is -2.02. The second-order valence-corrected chi connectivity index (χ2v) is 8.17. The molecule has 7 aromatic rings. The summed E-state index contributed by atoms with van der Waals surface area (Å²) in [6, 6.07) is 24.8. The van der Waals surface area contributed by atoms with Crippen molar-refractivity contribution in [2.75, 3.05) is 14.2 Å². The summed E-state index contributed by atoms with van der Waals surface area (Å²) >= 11 is 0. The second-order valence-electron chi connectivity index (χ2n) is 8.17. The number of rotatable bonds is 2. The third-order valence-electron chi connectivity index (χ3n) is 6.39. The molecule has 0 bridgehead atoms. The van der Waals surface area contributed by atoms with E-state index < -0.39 is 0 Å². The topological polar surface area (TPSA) is 44.7 Å². The van der Waals surface area contributed by atoms with Gasteiger partial charge in [0.05, 0.1) is 14.2 Å². The average Bonchev–Trinajstić information content (AvgIpc) is 3.35. The first-order valence-electron chi connectivity index (χ1n) is 10.5. The van der Waals surface area contributed by atoms with Gasteiger partial charge in [0.2, 0.25) is 0 Å². The molecule has 4 nitrogen and oxygen atoms in total. The Hall–Kier alpha value is -4.18. The SMILES string of the molecule is COc1ccc2cc3oc4cc5c(cc4c3cc2c1)oc1cc2ccc(OC)cc2cc15. The molecule has 4 heteroatoms. The quantitative estimate of drug-likeness (QED) is 0.287. The van der Waals surface area contributed by atoms with Gasteiger partial charge in [0.15, 0.2) is 0 Å². The summed E-state index contributed by atoms with van der Waals surface area (Å²) in [7, 11) is 3.37. The third kappa shape index (κ3) is 2.38. The largest absolute Gasteiger partial charge is 0.497 e. The molecule has 0 radical (unpaired) electrons. The number of hydrogen-bond acceptors (Lipinski definition) is 4. The molecule has 0 N–H and O–H groups in total. The van der Waals surface area contributed by atoms with E-state index in [0.717, 1.165) is 76.9 Å². The van der Waals surface area contributed by atoms with E-state index in [0.29, 0.717) is 0 Å². The minimum absolute atomic E-state index is 0.841. The predicted molar refractivity (Wildman–Crippen MR) is 129 cm³/mol. The first-order chi connectivity index (χ1) is 15.7. The van der Waals surface area contributed by atoms with Gasteiger partial charge in [0, 0.05) is 21.5 Å². The highest BCUT2D eigenvalue weighted by Crippen LogP contribution is 2.39. The van der Waals surface area contributed by atoms with Crippen LogP contribution < -0.4 is 9.47 Å². The van der Waals surface area contributed by atoms with Gasteiger partial charge in [-0.05, 0) is 82.2 Å². The molecule has 2 aromatic heterocycles. The van der Waals surface area contributed by atoms with E-state index in [2.05, 4.69) is 48.5 Å². The molecule has 0 amide bonds. The molecular weight excluding hydrogens is 400 g/mol. The van der Waals surface area contributed by atoms with E-state index in [-0.39, 0.29) is 0 Å². The molecule has 0 aliphatic rings. The first kappa shape index (κ1) is 17.5. The van der Waals surface area contributed by atoms with Crippen LogP contribution >= 0.6 is 0 Å². The number of benzene rings is 5. The maximum atomic E-state index is 6.27. The Balaban J connectivity index is 1.53. The highest BCUT2D eigenvalue weighted by Gasteiger charge is 2.15. The van der Waals surface area contributed by atoms with E-state index in [4.69, 9.17) is 18.3 Å². The van der Waals surface area contributed by atoms with Crippen molar-refractivity contribution in [3.8, 4) is 11.5 Å². The van der Waals surface area contributed by atoms with Crippen molar-refractivity contribution >= 4 is 65.4 Å². The summed E-state index contributed by atoms with van der Waals surface area (Å²) in [4.78, 5) is 0. The van der Waals surface area contributed by atoms with Crippen molar-refractivity contribution in [3.05, 3.63) is 72.8 Å². The van der Waals surface area contributed by atoms with Crippen LogP contribution in [0, 0.1) is 0 Å². The monoisotopic (exact) mass is 418 g/mol. The van der Waals surface area contributed by atoms with Crippen molar-refractivity contribution in [1.82, 2.24) is 0 Å². The second kappa shape index (κ2) is 6.17. The van der Waals surface area contributed by atoms with Gasteiger partial charge in [-0.3, -0.25) is 0 Å². The highest BCUT2D eigenvalue weighted by molar-refractivity contribution is 6.18. The summed E-state index contributed by atoms with van der Waals surface area (Å²) in [5.41, 5.74) is 3.43. The van der Waals surface area contributed by atoms with Gasteiger partial charge in [0.25, 0.3) is 0 Å². The number of hydrogen-bond donors (Lipinski definition) is 0. The van der Waals surface area contributed by atoms with Crippen molar-refractivity contribution in [3.63, 3.8) is 0 Å². The van der Waals surface area contributed by atoms with Crippen LogP contribution in [0.5, 0.6) is 11.5 Å². The van der Waals surface area contributed by atoms with Gasteiger partial charge in [-0.2, -0.15) is 0 Å². The van der Waals surface area contributed by atoms with Gasteiger partial charge in [-0.1, -0.05) is 12.1 Å². The van der Waals surface area contributed by atoms with Crippen molar-refractivity contribution < 1.29 is 18.3 Å². The van der Waals surface area contributed by atoms with E-state index in [1.807, 2.05) is 24.3 Å². The van der Waals surface area contributed by atoms with Crippen molar-refractivity contribution in [1.29, 1.82) is 0 Å². The molecule has 0 atom stereocenters.